The van der Waals surface area contributed by atoms with Gasteiger partial charge < -0.3 is 10.1 Å². The molecular weight excluding hydrogens is 204 g/mol. The third-order valence-corrected chi connectivity index (χ3v) is 2.38. The van der Waals surface area contributed by atoms with Gasteiger partial charge in [-0.05, 0) is 19.9 Å². The van der Waals surface area contributed by atoms with Crippen molar-refractivity contribution in [1.82, 2.24) is 9.97 Å². The lowest BCUT2D eigenvalue weighted by molar-refractivity contribution is 0.0690. The minimum atomic E-state index is -1.01. The molecule has 0 aliphatic heterocycles. The molecular formula is C12H12N2O2. The Morgan fingerprint density at radius 3 is 2.69 bits per heavy atom. The van der Waals surface area contributed by atoms with Crippen LogP contribution in [0, 0.1) is 13.8 Å². The van der Waals surface area contributed by atoms with Crippen LogP contribution in [0.3, 0.4) is 0 Å². The Balaban J connectivity index is 2.49. The zero-order valence-corrected chi connectivity index (χ0v) is 9.11. The molecule has 2 N–H and O–H groups in total. The molecule has 1 aromatic carbocycles. The number of carboxylic acids is 1. The standard InChI is InChI=1S/C12H12N2O2/c1-7-4-3-5-9(6-7)11-13-8(2)10(14-11)12(15)16/h3-6H,1-2H3,(H,13,14)(H,15,16). The Kier molecular flexibility index (Phi) is 2.48. The third kappa shape index (κ3) is 1.82. The SMILES string of the molecule is Cc1cccc(-c2nc(C(=O)O)c(C)[nH]2)c1. The smallest absolute Gasteiger partial charge is 0.356 e. The van der Waals surface area contributed by atoms with Gasteiger partial charge in [0, 0.05) is 11.3 Å². The van der Waals surface area contributed by atoms with Crippen molar-refractivity contribution in [1.29, 1.82) is 0 Å². The summed E-state index contributed by atoms with van der Waals surface area (Å²) in [6.07, 6.45) is 0. The number of aromatic carboxylic acids is 1. The molecule has 4 heteroatoms. The molecule has 0 aliphatic carbocycles. The van der Waals surface area contributed by atoms with Gasteiger partial charge in [0.1, 0.15) is 5.82 Å². The number of nitrogens with one attached hydrogen (secondary N) is 1. The van der Waals surface area contributed by atoms with Crippen molar-refractivity contribution in [2.75, 3.05) is 0 Å². The number of imidazole rings is 1. The molecule has 0 spiro atoms. The topological polar surface area (TPSA) is 66.0 Å². The van der Waals surface area contributed by atoms with Crippen LogP contribution in [-0.4, -0.2) is 21.0 Å². The quantitative estimate of drug-likeness (QED) is 0.810. The summed E-state index contributed by atoms with van der Waals surface area (Å²) in [6, 6.07) is 7.77. The highest BCUT2D eigenvalue weighted by molar-refractivity contribution is 5.87. The van der Waals surface area contributed by atoms with E-state index >= 15 is 0 Å². The molecule has 0 bridgehead atoms. The van der Waals surface area contributed by atoms with Gasteiger partial charge in [-0.2, -0.15) is 0 Å². The molecule has 0 fully saturated rings. The van der Waals surface area contributed by atoms with E-state index in [9.17, 15) is 4.79 Å². The number of H-pyrrole nitrogens is 1. The number of hydrogen-bond acceptors (Lipinski definition) is 2. The van der Waals surface area contributed by atoms with Gasteiger partial charge in [-0.25, -0.2) is 9.78 Å². The normalized spacial score (nSPS) is 10.4. The van der Waals surface area contributed by atoms with Gasteiger partial charge in [-0.1, -0.05) is 23.8 Å². The molecule has 82 valence electrons. The summed E-state index contributed by atoms with van der Waals surface area (Å²) >= 11 is 0. The van der Waals surface area contributed by atoms with Gasteiger partial charge in [0.25, 0.3) is 0 Å². The minimum Gasteiger partial charge on any atom is -0.476 e. The summed E-state index contributed by atoms with van der Waals surface area (Å²) in [5.74, 6) is -0.411. The summed E-state index contributed by atoms with van der Waals surface area (Å²) in [5.41, 5.74) is 2.67. The monoisotopic (exact) mass is 216 g/mol. The van der Waals surface area contributed by atoms with Gasteiger partial charge in [0.05, 0.1) is 0 Å². The summed E-state index contributed by atoms with van der Waals surface area (Å²) < 4.78 is 0. The third-order valence-electron chi connectivity index (χ3n) is 2.38. The Hall–Kier alpha value is -2.10. The van der Waals surface area contributed by atoms with Gasteiger partial charge in [0.2, 0.25) is 0 Å². The molecule has 0 unspecified atom stereocenters. The summed E-state index contributed by atoms with van der Waals surface area (Å²) in [5, 5.41) is 8.90. The molecule has 0 aliphatic rings. The summed E-state index contributed by atoms with van der Waals surface area (Å²) in [4.78, 5) is 17.9. The Morgan fingerprint density at radius 2 is 2.12 bits per heavy atom. The van der Waals surface area contributed by atoms with E-state index in [0.717, 1.165) is 11.1 Å². The highest BCUT2D eigenvalue weighted by Crippen LogP contribution is 2.18. The van der Waals surface area contributed by atoms with Crippen molar-refractivity contribution < 1.29 is 9.90 Å². The number of carboxylic acid groups (broad SMARTS) is 1. The number of carbonyl (C=O) groups is 1. The maximum Gasteiger partial charge on any atom is 0.356 e. The molecule has 0 saturated heterocycles. The van der Waals surface area contributed by atoms with Crippen molar-refractivity contribution in [3.05, 3.63) is 41.2 Å². The van der Waals surface area contributed by atoms with Crippen molar-refractivity contribution in [3.8, 4) is 11.4 Å². The van der Waals surface area contributed by atoms with Crippen molar-refractivity contribution >= 4 is 5.97 Å². The van der Waals surface area contributed by atoms with E-state index in [1.165, 1.54) is 0 Å². The number of benzene rings is 1. The Bertz CT molecular complexity index is 544. The first-order valence-electron chi connectivity index (χ1n) is 4.95. The molecule has 2 aromatic rings. The predicted octanol–water partition coefficient (Wildman–Crippen LogP) is 2.39. The van der Waals surface area contributed by atoms with Crippen LogP contribution in [0.25, 0.3) is 11.4 Å². The average Bonchev–Trinajstić information content (AvgIpc) is 2.60. The first kappa shape index (κ1) is 10.4. The average molecular weight is 216 g/mol. The number of aromatic amines is 1. The van der Waals surface area contributed by atoms with Crippen LogP contribution in [-0.2, 0) is 0 Å². The molecule has 1 aromatic heterocycles. The summed E-state index contributed by atoms with van der Waals surface area (Å²) in [6.45, 7) is 3.69. The largest absolute Gasteiger partial charge is 0.476 e. The number of nitrogens with zero attached hydrogens (tertiary/aromatic N) is 1. The van der Waals surface area contributed by atoms with Gasteiger partial charge >= 0.3 is 5.97 Å². The second-order valence-corrected chi connectivity index (χ2v) is 3.73. The highest BCUT2D eigenvalue weighted by Gasteiger charge is 2.13. The van der Waals surface area contributed by atoms with E-state index in [1.54, 1.807) is 6.92 Å². The van der Waals surface area contributed by atoms with Crippen LogP contribution in [0.2, 0.25) is 0 Å². The van der Waals surface area contributed by atoms with E-state index in [4.69, 9.17) is 5.11 Å². The van der Waals surface area contributed by atoms with E-state index < -0.39 is 5.97 Å². The lowest BCUT2D eigenvalue weighted by Crippen LogP contribution is -1.98. The van der Waals surface area contributed by atoms with E-state index in [-0.39, 0.29) is 5.69 Å². The van der Waals surface area contributed by atoms with E-state index in [0.29, 0.717) is 11.5 Å². The Labute approximate surface area is 93.0 Å². The van der Waals surface area contributed by atoms with Crippen LogP contribution >= 0.6 is 0 Å². The van der Waals surface area contributed by atoms with Crippen LogP contribution in [0.5, 0.6) is 0 Å². The molecule has 0 saturated carbocycles. The predicted molar refractivity (Wildman–Crippen MR) is 60.5 cm³/mol. The fraction of sp³-hybridized carbons (Fsp3) is 0.167. The number of rotatable bonds is 2. The number of aromatic nitrogens is 2. The van der Waals surface area contributed by atoms with Crippen molar-refractivity contribution in [2.45, 2.75) is 13.8 Å². The zero-order chi connectivity index (χ0) is 11.7. The molecule has 4 nitrogen and oxygen atoms in total. The molecule has 0 radical (unpaired) electrons. The fourth-order valence-electron chi connectivity index (χ4n) is 1.60. The zero-order valence-electron chi connectivity index (χ0n) is 9.11. The fourth-order valence-corrected chi connectivity index (χ4v) is 1.60. The second-order valence-electron chi connectivity index (χ2n) is 3.73. The minimum absolute atomic E-state index is 0.0801. The van der Waals surface area contributed by atoms with Crippen LogP contribution in [0.15, 0.2) is 24.3 Å². The highest BCUT2D eigenvalue weighted by atomic mass is 16.4. The second kappa shape index (κ2) is 3.81. The van der Waals surface area contributed by atoms with Crippen LogP contribution in [0.1, 0.15) is 21.7 Å². The van der Waals surface area contributed by atoms with Crippen LogP contribution < -0.4 is 0 Å². The first-order valence-corrected chi connectivity index (χ1v) is 4.95. The lowest BCUT2D eigenvalue weighted by atomic mass is 10.1. The van der Waals surface area contributed by atoms with Crippen LogP contribution in [0.4, 0.5) is 0 Å². The van der Waals surface area contributed by atoms with Gasteiger partial charge in [-0.15, -0.1) is 0 Å². The lowest BCUT2D eigenvalue weighted by Gasteiger charge is -1.97. The summed E-state index contributed by atoms with van der Waals surface area (Å²) in [7, 11) is 0. The van der Waals surface area contributed by atoms with Gasteiger partial charge in [-0.3, -0.25) is 0 Å². The van der Waals surface area contributed by atoms with E-state index in [1.807, 2.05) is 31.2 Å². The molecule has 16 heavy (non-hydrogen) atoms. The molecule has 0 amide bonds. The van der Waals surface area contributed by atoms with Crippen molar-refractivity contribution in [3.63, 3.8) is 0 Å². The molecule has 2 rings (SSSR count). The molecule has 1 heterocycles. The maximum atomic E-state index is 10.9. The maximum absolute atomic E-state index is 10.9. The first-order chi connectivity index (χ1) is 7.58. The number of aryl methyl sites for hydroxylation is 2. The van der Waals surface area contributed by atoms with Gasteiger partial charge in [0.15, 0.2) is 5.69 Å². The van der Waals surface area contributed by atoms with Crippen molar-refractivity contribution in [2.24, 2.45) is 0 Å². The Morgan fingerprint density at radius 1 is 1.38 bits per heavy atom. The number of hydrogen-bond donors (Lipinski definition) is 2. The van der Waals surface area contributed by atoms with E-state index in [2.05, 4.69) is 9.97 Å². The molecule has 0 atom stereocenters.